The van der Waals surface area contributed by atoms with Crippen molar-refractivity contribution in [1.29, 1.82) is 0 Å². The van der Waals surface area contributed by atoms with Crippen LogP contribution < -0.4 is 5.73 Å². The molecular formula is C10H18N4O2S. The van der Waals surface area contributed by atoms with Crippen LogP contribution >= 0.6 is 0 Å². The molecule has 1 fully saturated rings. The van der Waals surface area contributed by atoms with Gasteiger partial charge in [0.15, 0.2) is 0 Å². The van der Waals surface area contributed by atoms with Gasteiger partial charge in [0, 0.05) is 12.6 Å². The monoisotopic (exact) mass is 258 g/mol. The lowest BCUT2D eigenvalue weighted by Crippen LogP contribution is -2.34. The Morgan fingerprint density at radius 2 is 2.29 bits per heavy atom. The van der Waals surface area contributed by atoms with Crippen molar-refractivity contribution in [1.82, 2.24) is 14.5 Å². The fraction of sp³-hybridized carbons (Fsp3) is 0.700. The van der Waals surface area contributed by atoms with Crippen molar-refractivity contribution in [3.8, 4) is 0 Å². The zero-order chi connectivity index (χ0) is 12.5. The summed E-state index contributed by atoms with van der Waals surface area (Å²) in [5.41, 5.74) is 5.59. The van der Waals surface area contributed by atoms with Gasteiger partial charge in [-0.2, -0.15) is 9.40 Å². The first-order valence-corrected chi connectivity index (χ1v) is 7.32. The van der Waals surface area contributed by atoms with Gasteiger partial charge in [-0.05, 0) is 19.3 Å². The summed E-state index contributed by atoms with van der Waals surface area (Å²) in [5, 5.41) is 6.14. The molecule has 0 amide bonds. The first-order valence-electron chi connectivity index (χ1n) is 5.88. The Labute approximate surface area is 101 Å². The van der Waals surface area contributed by atoms with Gasteiger partial charge in [-0.25, -0.2) is 8.42 Å². The topological polar surface area (TPSA) is 92.1 Å². The third-order valence-electron chi connectivity index (χ3n) is 2.91. The van der Waals surface area contributed by atoms with Crippen molar-refractivity contribution in [2.75, 3.05) is 12.3 Å². The molecular weight excluding hydrogens is 240 g/mol. The molecule has 7 heteroatoms. The highest BCUT2D eigenvalue weighted by molar-refractivity contribution is 7.89. The number of unbranched alkanes of at least 4 members (excludes halogenated alkanes) is 1. The van der Waals surface area contributed by atoms with Gasteiger partial charge in [0.2, 0.25) is 10.0 Å². The molecule has 3 N–H and O–H groups in total. The van der Waals surface area contributed by atoms with Gasteiger partial charge in [-0.3, -0.25) is 5.10 Å². The Hall–Kier alpha value is -1.08. The van der Waals surface area contributed by atoms with E-state index in [1.54, 1.807) is 4.31 Å². The van der Waals surface area contributed by atoms with E-state index in [0.717, 1.165) is 25.7 Å². The van der Waals surface area contributed by atoms with Crippen LogP contribution in [0.3, 0.4) is 0 Å². The van der Waals surface area contributed by atoms with Crippen molar-refractivity contribution in [2.24, 2.45) is 0 Å². The number of nitrogens with zero attached hydrogens (tertiary/aromatic N) is 2. The van der Waals surface area contributed by atoms with Crippen LogP contribution in [0.5, 0.6) is 0 Å². The minimum absolute atomic E-state index is 0.0977. The summed E-state index contributed by atoms with van der Waals surface area (Å²) in [6.07, 6.45) is 5.01. The SMILES string of the molecule is CCCCN(C1CC1)S(=O)(=O)c1cn[nH]c1N. The second-order valence-electron chi connectivity index (χ2n) is 4.35. The van der Waals surface area contributed by atoms with E-state index in [1.807, 2.05) is 6.92 Å². The number of sulfonamides is 1. The van der Waals surface area contributed by atoms with E-state index in [9.17, 15) is 8.42 Å². The van der Waals surface area contributed by atoms with Crippen molar-refractivity contribution < 1.29 is 8.42 Å². The lowest BCUT2D eigenvalue weighted by atomic mass is 10.3. The van der Waals surface area contributed by atoms with Crippen LogP contribution in [0.4, 0.5) is 5.82 Å². The Bertz CT molecular complexity index is 478. The maximum Gasteiger partial charge on any atom is 0.248 e. The largest absolute Gasteiger partial charge is 0.383 e. The third kappa shape index (κ3) is 2.44. The summed E-state index contributed by atoms with van der Waals surface area (Å²) in [4.78, 5) is 0.0977. The summed E-state index contributed by atoms with van der Waals surface area (Å²) in [6.45, 7) is 2.61. The fourth-order valence-electron chi connectivity index (χ4n) is 1.79. The number of aromatic nitrogens is 2. The second-order valence-corrected chi connectivity index (χ2v) is 6.21. The molecule has 6 nitrogen and oxygen atoms in total. The van der Waals surface area contributed by atoms with Crippen LogP contribution in [0.2, 0.25) is 0 Å². The van der Waals surface area contributed by atoms with Gasteiger partial charge in [-0.1, -0.05) is 13.3 Å². The summed E-state index contributed by atoms with van der Waals surface area (Å²) >= 11 is 0. The highest BCUT2D eigenvalue weighted by Crippen LogP contribution is 2.33. The molecule has 1 aromatic heterocycles. The van der Waals surface area contributed by atoms with Gasteiger partial charge in [0.1, 0.15) is 10.7 Å². The number of nitrogen functional groups attached to an aromatic ring is 1. The molecule has 1 aliphatic rings. The maximum atomic E-state index is 12.4. The Balaban J connectivity index is 2.25. The number of hydrogen-bond donors (Lipinski definition) is 2. The molecule has 0 bridgehead atoms. The summed E-state index contributed by atoms with van der Waals surface area (Å²) < 4.78 is 26.3. The first kappa shape index (κ1) is 12.4. The third-order valence-corrected chi connectivity index (χ3v) is 4.88. The van der Waals surface area contributed by atoms with Crippen LogP contribution in [-0.4, -0.2) is 35.5 Å². The smallest absolute Gasteiger partial charge is 0.248 e. The first-order chi connectivity index (χ1) is 8.07. The molecule has 2 rings (SSSR count). The molecule has 1 aliphatic carbocycles. The quantitative estimate of drug-likeness (QED) is 0.794. The van der Waals surface area contributed by atoms with Crippen LogP contribution in [0.25, 0.3) is 0 Å². The van der Waals surface area contributed by atoms with Gasteiger partial charge in [-0.15, -0.1) is 0 Å². The summed E-state index contributed by atoms with van der Waals surface area (Å²) in [7, 11) is -3.48. The summed E-state index contributed by atoms with van der Waals surface area (Å²) in [5.74, 6) is 0.118. The Morgan fingerprint density at radius 1 is 1.59 bits per heavy atom. The zero-order valence-electron chi connectivity index (χ0n) is 9.89. The molecule has 1 aromatic rings. The minimum Gasteiger partial charge on any atom is -0.383 e. The Morgan fingerprint density at radius 3 is 2.76 bits per heavy atom. The molecule has 1 saturated carbocycles. The van der Waals surface area contributed by atoms with E-state index in [4.69, 9.17) is 5.73 Å². The molecule has 0 atom stereocenters. The number of aromatic amines is 1. The van der Waals surface area contributed by atoms with Gasteiger partial charge >= 0.3 is 0 Å². The number of nitrogens with two attached hydrogens (primary N) is 1. The average molecular weight is 258 g/mol. The number of H-pyrrole nitrogens is 1. The van der Waals surface area contributed by atoms with E-state index < -0.39 is 10.0 Å². The Kier molecular flexibility index (Phi) is 3.39. The molecule has 0 saturated heterocycles. The maximum absolute atomic E-state index is 12.4. The molecule has 0 spiro atoms. The molecule has 96 valence electrons. The normalized spacial score (nSPS) is 16.6. The fourth-order valence-corrected chi connectivity index (χ4v) is 3.53. The predicted molar refractivity (Wildman–Crippen MR) is 64.8 cm³/mol. The van der Waals surface area contributed by atoms with Gasteiger partial charge in [0.05, 0.1) is 6.20 Å². The summed E-state index contributed by atoms with van der Waals surface area (Å²) in [6, 6.07) is 0.154. The number of anilines is 1. The van der Waals surface area contributed by atoms with Crippen LogP contribution in [0.1, 0.15) is 32.6 Å². The number of nitrogens with one attached hydrogen (secondary N) is 1. The second kappa shape index (κ2) is 4.66. The predicted octanol–water partition coefficient (Wildman–Crippen LogP) is 0.945. The van der Waals surface area contributed by atoms with E-state index in [1.165, 1.54) is 6.20 Å². The number of rotatable bonds is 6. The molecule has 1 heterocycles. The van der Waals surface area contributed by atoms with Crippen LogP contribution in [0.15, 0.2) is 11.1 Å². The lowest BCUT2D eigenvalue weighted by molar-refractivity contribution is 0.396. The van der Waals surface area contributed by atoms with Gasteiger partial charge < -0.3 is 5.73 Å². The molecule has 0 aliphatic heterocycles. The highest BCUT2D eigenvalue weighted by Gasteiger charge is 2.38. The zero-order valence-corrected chi connectivity index (χ0v) is 10.7. The van der Waals surface area contributed by atoms with Gasteiger partial charge in [0.25, 0.3) is 0 Å². The average Bonchev–Trinajstić information content (AvgIpc) is 3.00. The van der Waals surface area contributed by atoms with Crippen molar-refractivity contribution in [2.45, 2.75) is 43.5 Å². The van der Waals surface area contributed by atoms with Crippen molar-refractivity contribution in [3.63, 3.8) is 0 Å². The number of hydrogen-bond acceptors (Lipinski definition) is 4. The molecule has 0 aromatic carbocycles. The van der Waals surface area contributed by atoms with E-state index >= 15 is 0 Å². The van der Waals surface area contributed by atoms with Crippen LogP contribution in [-0.2, 0) is 10.0 Å². The van der Waals surface area contributed by atoms with Crippen molar-refractivity contribution in [3.05, 3.63) is 6.20 Å². The molecule has 0 unspecified atom stereocenters. The van der Waals surface area contributed by atoms with Crippen LogP contribution in [0, 0.1) is 0 Å². The minimum atomic E-state index is -3.48. The van der Waals surface area contributed by atoms with E-state index in [0.29, 0.717) is 6.54 Å². The standard InChI is InChI=1S/C10H18N4O2S/c1-2-3-6-14(8-4-5-8)17(15,16)9-7-12-13-10(9)11/h7-8H,2-6H2,1H3,(H3,11,12,13). The molecule has 0 radical (unpaired) electrons. The lowest BCUT2D eigenvalue weighted by Gasteiger charge is -2.20. The van der Waals surface area contributed by atoms with E-state index in [-0.39, 0.29) is 16.8 Å². The van der Waals surface area contributed by atoms with E-state index in [2.05, 4.69) is 10.2 Å². The van der Waals surface area contributed by atoms with Crippen molar-refractivity contribution >= 4 is 15.8 Å². The highest BCUT2D eigenvalue weighted by atomic mass is 32.2. The molecule has 17 heavy (non-hydrogen) atoms.